The Morgan fingerprint density at radius 2 is 1.82 bits per heavy atom. The summed E-state index contributed by atoms with van der Waals surface area (Å²) in [6.45, 7) is -0.158. The fraction of sp³-hybridized carbons (Fsp3) is 0.0769. The lowest BCUT2D eigenvalue weighted by Gasteiger charge is -2.08. The Morgan fingerprint density at radius 1 is 1.18 bits per heavy atom. The van der Waals surface area contributed by atoms with Gasteiger partial charge in [0.25, 0.3) is 5.56 Å². The van der Waals surface area contributed by atoms with Gasteiger partial charge in [0.2, 0.25) is 15.9 Å². The van der Waals surface area contributed by atoms with Crippen LogP contribution in [0.15, 0.2) is 56.8 Å². The predicted molar refractivity (Wildman–Crippen MR) is 84.8 cm³/mol. The Hall–Kier alpha value is -1.97. The molecule has 0 spiro atoms. The van der Waals surface area contributed by atoms with Gasteiger partial charge in [-0.25, -0.2) is 13.6 Å². The summed E-state index contributed by atoms with van der Waals surface area (Å²) in [5.41, 5.74) is 0.100. The molecule has 22 heavy (non-hydrogen) atoms. The Bertz CT molecular complexity index is 860. The van der Waals surface area contributed by atoms with Crippen molar-refractivity contribution >= 4 is 37.5 Å². The van der Waals surface area contributed by atoms with Gasteiger partial charge in [0.15, 0.2) is 0 Å². The molecule has 7 nitrogen and oxygen atoms in total. The number of anilines is 1. The minimum Gasteiger partial charge on any atom is -0.325 e. The Balaban J connectivity index is 2.09. The number of amides is 1. The van der Waals surface area contributed by atoms with E-state index in [4.69, 9.17) is 5.14 Å². The van der Waals surface area contributed by atoms with Crippen LogP contribution in [-0.2, 0) is 21.4 Å². The summed E-state index contributed by atoms with van der Waals surface area (Å²) in [5.74, 6) is -0.413. The summed E-state index contributed by atoms with van der Waals surface area (Å²) < 4.78 is 24.2. The molecule has 0 aliphatic rings. The van der Waals surface area contributed by atoms with Crippen molar-refractivity contribution in [1.29, 1.82) is 0 Å². The van der Waals surface area contributed by atoms with Crippen LogP contribution in [0.4, 0.5) is 5.69 Å². The number of pyridine rings is 1. The van der Waals surface area contributed by atoms with Crippen LogP contribution in [0.5, 0.6) is 0 Å². The smallest absolute Gasteiger partial charge is 0.251 e. The number of nitrogens with two attached hydrogens (primary N) is 1. The van der Waals surface area contributed by atoms with Gasteiger partial charge < -0.3 is 9.88 Å². The van der Waals surface area contributed by atoms with Crippen LogP contribution in [0.3, 0.4) is 0 Å². The molecular formula is C13H12BrN3O4S. The van der Waals surface area contributed by atoms with E-state index in [0.29, 0.717) is 10.2 Å². The van der Waals surface area contributed by atoms with Crippen molar-refractivity contribution < 1.29 is 13.2 Å². The van der Waals surface area contributed by atoms with E-state index < -0.39 is 15.9 Å². The molecule has 0 saturated carbocycles. The number of carbonyl (C=O) groups is 1. The molecular weight excluding hydrogens is 374 g/mol. The topological polar surface area (TPSA) is 111 Å². The zero-order valence-electron chi connectivity index (χ0n) is 11.2. The first-order valence-corrected chi connectivity index (χ1v) is 8.38. The monoisotopic (exact) mass is 385 g/mol. The Labute approximate surface area is 134 Å². The van der Waals surface area contributed by atoms with Crippen LogP contribution in [0.1, 0.15) is 0 Å². The molecule has 2 aromatic rings. The number of hydrogen-bond donors (Lipinski definition) is 2. The third-order valence-corrected chi connectivity index (χ3v) is 4.13. The highest BCUT2D eigenvalue weighted by Crippen LogP contribution is 2.12. The summed E-state index contributed by atoms with van der Waals surface area (Å²) >= 11 is 3.22. The number of aromatic nitrogens is 1. The lowest BCUT2D eigenvalue weighted by molar-refractivity contribution is -0.116. The van der Waals surface area contributed by atoms with Gasteiger partial charge in [-0.05, 0) is 46.3 Å². The van der Waals surface area contributed by atoms with Crippen LogP contribution < -0.4 is 16.0 Å². The number of halogens is 1. The van der Waals surface area contributed by atoms with Gasteiger partial charge in [-0.3, -0.25) is 9.59 Å². The molecule has 0 fully saturated rings. The molecule has 1 amide bonds. The largest absolute Gasteiger partial charge is 0.325 e. The second-order valence-electron chi connectivity index (χ2n) is 4.43. The maximum atomic E-state index is 11.9. The second kappa shape index (κ2) is 6.42. The highest BCUT2D eigenvalue weighted by atomic mass is 79.9. The summed E-state index contributed by atoms with van der Waals surface area (Å²) in [4.78, 5) is 23.4. The summed E-state index contributed by atoms with van der Waals surface area (Å²) in [6, 6.07) is 8.34. The summed E-state index contributed by atoms with van der Waals surface area (Å²) in [6.07, 6.45) is 1.51. The van der Waals surface area contributed by atoms with Crippen molar-refractivity contribution in [2.24, 2.45) is 5.14 Å². The van der Waals surface area contributed by atoms with Crippen molar-refractivity contribution in [3.05, 3.63) is 57.4 Å². The van der Waals surface area contributed by atoms with Crippen molar-refractivity contribution in [3.8, 4) is 0 Å². The van der Waals surface area contributed by atoms with E-state index in [2.05, 4.69) is 21.2 Å². The first kappa shape index (κ1) is 16.4. The number of hydrogen-bond acceptors (Lipinski definition) is 4. The first-order chi connectivity index (χ1) is 10.3. The molecule has 3 N–H and O–H groups in total. The maximum absolute atomic E-state index is 11.9. The van der Waals surface area contributed by atoms with E-state index in [-0.39, 0.29) is 17.0 Å². The van der Waals surface area contributed by atoms with Gasteiger partial charge in [-0.2, -0.15) is 0 Å². The van der Waals surface area contributed by atoms with E-state index in [9.17, 15) is 18.0 Å². The van der Waals surface area contributed by atoms with E-state index in [1.54, 1.807) is 6.07 Å². The molecule has 116 valence electrons. The molecule has 0 bridgehead atoms. The Kier molecular flexibility index (Phi) is 4.79. The van der Waals surface area contributed by atoms with Gasteiger partial charge in [0, 0.05) is 22.4 Å². The van der Waals surface area contributed by atoms with Gasteiger partial charge in [-0.1, -0.05) is 0 Å². The normalized spacial score (nSPS) is 11.2. The lowest BCUT2D eigenvalue weighted by atomic mass is 10.3. The highest BCUT2D eigenvalue weighted by Gasteiger charge is 2.09. The molecule has 0 unspecified atom stereocenters. The van der Waals surface area contributed by atoms with Crippen LogP contribution in [0, 0.1) is 0 Å². The second-order valence-corrected chi connectivity index (χ2v) is 6.91. The first-order valence-electron chi connectivity index (χ1n) is 6.04. The number of carbonyl (C=O) groups excluding carboxylic acids is 1. The summed E-state index contributed by atoms with van der Waals surface area (Å²) in [5, 5.41) is 7.55. The van der Waals surface area contributed by atoms with Gasteiger partial charge in [0.1, 0.15) is 6.54 Å². The number of sulfonamides is 1. The highest BCUT2D eigenvalue weighted by molar-refractivity contribution is 9.10. The average Bonchev–Trinajstić information content (AvgIpc) is 2.42. The number of nitrogens with one attached hydrogen (secondary N) is 1. The standard InChI is InChI=1S/C13H12BrN3O4S/c14-9-1-6-13(19)17(7-9)8-12(18)16-10-2-4-11(5-3-10)22(15,20)21/h1-7H,8H2,(H,16,18)(H2,15,20,21). The van der Waals surface area contributed by atoms with Crippen molar-refractivity contribution in [2.45, 2.75) is 11.4 Å². The van der Waals surface area contributed by atoms with Crippen molar-refractivity contribution in [3.63, 3.8) is 0 Å². The molecule has 0 atom stereocenters. The van der Waals surface area contributed by atoms with Crippen molar-refractivity contribution in [2.75, 3.05) is 5.32 Å². The van der Waals surface area contributed by atoms with Crippen molar-refractivity contribution in [1.82, 2.24) is 4.57 Å². The minimum atomic E-state index is -3.77. The lowest BCUT2D eigenvalue weighted by Crippen LogP contribution is -2.26. The Morgan fingerprint density at radius 3 is 2.41 bits per heavy atom. The van der Waals surface area contributed by atoms with Crippen LogP contribution >= 0.6 is 15.9 Å². The molecule has 9 heteroatoms. The van der Waals surface area contributed by atoms with E-state index in [1.165, 1.54) is 41.1 Å². The van der Waals surface area contributed by atoms with E-state index in [1.807, 2.05) is 0 Å². The fourth-order valence-corrected chi connectivity index (χ4v) is 2.60. The van der Waals surface area contributed by atoms with Gasteiger partial charge in [-0.15, -0.1) is 0 Å². The van der Waals surface area contributed by atoms with Crippen LogP contribution in [0.2, 0.25) is 0 Å². The predicted octanol–water partition coefficient (Wildman–Crippen LogP) is 0.897. The maximum Gasteiger partial charge on any atom is 0.251 e. The molecule has 0 aliphatic heterocycles. The van der Waals surface area contributed by atoms with E-state index in [0.717, 1.165) is 0 Å². The quantitative estimate of drug-likeness (QED) is 0.813. The zero-order valence-corrected chi connectivity index (χ0v) is 13.6. The fourth-order valence-electron chi connectivity index (χ4n) is 1.71. The average molecular weight is 386 g/mol. The molecule has 2 rings (SSSR count). The number of primary sulfonamides is 1. The SMILES string of the molecule is NS(=O)(=O)c1ccc(NC(=O)Cn2cc(Br)ccc2=O)cc1. The zero-order chi connectivity index (χ0) is 16.3. The molecule has 1 aromatic carbocycles. The molecule has 0 radical (unpaired) electrons. The third kappa shape index (κ3) is 4.26. The molecule has 1 heterocycles. The molecule has 1 aromatic heterocycles. The number of benzene rings is 1. The van der Waals surface area contributed by atoms with E-state index >= 15 is 0 Å². The summed E-state index contributed by atoms with van der Waals surface area (Å²) in [7, 11) is -3.77. The van der Waals surface area contributed by atoms with Gasteiger partial charge in [0.05, 0.1) is 4.90 Å². The molecule has 0 saturated heterocycles. The minimum absolute atomic E-state index is 0.0475. The number of nitrogens with zero attached hydrogens (tertiary/aromatic N) is 1. The van der Waals surface area contributed by atoms with Crippen LogP contribution in [-0.4, -0.2) is 18.9 Å². The molecule has 0 aliphatic carbocycles. The van der Waals surface area contributed by atoms with Crippen LogP contribution in [0.25, 0.3) is 0 Å². The van der Waals surface area contributed by atoms with Gasteiger partial charge >= 0.3 is 0 Å². The third-order valence-electron chi connectivity index (χ3n) is 2.73. The number of rotatable bonds is 4.